The number of halogens is 1. The summed E-state index contributed by atoms with van der Waals surface area (Å²) in [5.41, 5.74) is 1.32. The van der Waals surface area contributed by atoms with Crippen LogP contribution in [0.25, 0.3) is 11.4 Å². The first-order valence-electron chi connectivity index (χ1n) is 12.5. The molecule has 5 rings (SSSR count). The van der Waals surface area contributed by atoms with E-state index < -0.39 is 11.7 Å². The molecule has 202 valence electrons. The zero-order chi connectivity index (χ0) is 27.5. The SMILES string of the molecule is CN(C)Cc1nc(-c2cc(F)c(C(=O)NCc3ccc(C#N)cc3)cc2O[C@H]2CCN3C(=O)OC[C@@H]3C2)no1. The van der Waals surface area contributed by atoms with Gasteiger partial charge in [-0.25, -0.2) is 9.18 Å². The summed E-state index contributed by atoms with van der Waals surface area (Å²) in [6, 6.07) is 11.2. The van der Waals surface area contributed by atoms with E-state index in [0.717, 1.165) is 5.56 Å². The van der Waals surface area contributed by atoms with Crippen LogP contribution in [0.4, 0.5) is 9.18 Å². The number of carbonyl (C=O) groups excluding carboxylic acids is 2. The Morgan fingerprint density at radius 3 is 2.85 bits per heavy atom. The van der Waals surface area contributed by atoms with Crippen molar-refractivity contribution in [1.29, 1.82) is 5.26 Å². The van der Waals surface area contributed by atoms with Gasteiger partial charge in [0.2, 0.25) is 11.7 Å². The van der Waals surface area contributed by atoms with Crippen LogP contribution in [0.2, 0.25) is 0 Å². The van der Waals surface area contributed by atoms with Crippen molar-refractivity contribution in [2.75, 3.05) is 27.2 Å². The van der Waals surface area contributed by atoms with Gasteiger partial charge in [0.1, 0.15) is 24.3 Å². The van der Waals surface area contributed by atoms with E-state index in [1.807, 2.05) is 25.1 Å². The van der Waals surface area contributed by atoms with Gasteiger partial charge in [-0.1, -0.05) is 17.3 Å². The molecule has 3 heterocycles. The normalized spacial score (nSPS) is 18.4. The Kier molecular flexibility index (Phi) is 7.42. The first kappa shape index (κ1) is 26.1. The van der Waals surface area contributed by atoms with Gasteiger partial charge >= 0.3 is 6.09 Å². The fraction of sp³-hybridized carbons (Fsp3) is 0.370. The van der Waals surface area contributed by atoms with Crippen LogP contribution in [-0.2, 0) is 17.8 Å². The Bertz CT molecular complexity index is 1420. The number of rotatable bonds is 8. The molecule has 2 fully saturated rings. The number of benzene rings is 2. The summed E-state index contributed by atoms with van der Waals surface area (Å²) >= 11 is 0. The average molecular weight is 535 g/mol. The Morgan fingerprint density at radius 1 is 1.31 bits per heavy atom. The summed E-state index contributed by atoms with van der Waals surface area (Å²) < 4.78 is 32.1. The molecule has 0 aliphatic carbocycles. The minimum atomic E-state index is -0.766. The Morgan fingerprint density at radius 2 is 2.10 bits per heavy atom. The molecule has 11 nitrogen and oxygen atoms in total. The van der Waals surface area contributed by atoms with E-state index in [2.05, 4.69) is 15.5 Å². The Hall–Kier alpha value is -4.50. The third-order valence-corrected chi connectivity index (χ3v) is 6.61. The maximum Gasteiger partial charge on any atom is 0.410 e. The number of nitrogens with zero attached hydrogens (tertiary/aromatic N) is 5. The minimum Gasteiger partial charge on any atom is -0.489 e. The van der Waals surface area contributed by atoms with Crippen LogP contribution in [0.1, 0.15) is 40.2 Å². The number of carbonyl (C=O) groups is 2. The molecule has 2 aliphatic heterocycles. The molecule has 0 unspecified atom stereocenters. The van der Waals surface area contributed by atoms with Gasteiger partial charge in [-0.15, -0.1) is 0 Å². The molecule has 0 spiro atoms. The van der Waals surface area contributed by atoms with E-state index in [1.54, 1.807) is 29.2 Å². The van der Waals surface area contributed by atoms with Crippen LogP contribution in [0.5, 0.6) is 5.75 Å². The van der Waals surface area contributed by atoms with E-state index in [0.29, 0.717) is 37.4 Å². The van der Waals surface area contributed by atoms with Crippen molar-refractivity contribution in [3.8, 4) is 23.2 Å². The van der Waals surface area contributed by atoms with Crippen LogP contribution < -0.4 is 10.1 Å². The van der Waals surface area contributed by atoms with Crippen molar-refractivity contribution in [2.24, 2.45) is 0 Å². The van der Waals surface area contributed by atoms with E-state index in [4.69, 9.17) is 19.3 Å². The van der Waals surface area contributed by atoms with Gasteiger partial charge in [-0.2, -0.15) is 10.2 Å². The highest BCUT2D eigenvalue weighted by atomic mass is 19.1. The summed E-state index contributed by atoms with van der Waals surface area (Å²) in [7, 11) is 3.71. The minimum absolute atomic E-state index is 0.104. The Labute approximate surface area is 224 Å². The largest absolute Gasteiger partial charge is 0.489 e. The number of nitrogens with one attached hydrogen (secondary N) is 1. The number of fused-ring (bicyclic) bond motifs is 1. The molecule has 0 saturated carbocycles. The van der Waals surface area contributed by atoms with Crippen LogP contribution in [0, 0.1) is 17.1 Å². The number of hydrogen-bond donors (Lipinski definition) is 1. The van der Waals surface area contributed by atoms with E-state index in [1.165, 1.54) is 12.1 Å². The second-order valence-corrected chi connectivity index (χ2v) is 9.76. The molecule has 2 aromatic carbocycles. The molecule has 1 aromatic heterocycles. The predicted molar refractivity (Wildman–Crippen MR) is 135 cm³/mol. The molecule has 2 aliphatic rings. The van der Waals surface area contributed by atoms with Crippen molar-refractivity contribution >= 4 is 12.0 Å². The third kappa shape index (κ3) is 5.83. The lowest BCUT2D eigenvalue weighted by atomic mass is 10.0. The zero-order valence-corrected chi connectivity index (χ0v) is 21.5. The first-order chi connectivity index (χ1) is 18.8. The van der Waals surface area contributed by atoms with E-state index in [9.17, 15) is 9.59 Å². The van der Waals surface area contributed by atoms with Gasteiger partial charge in [0.05, 0.1) is 35.3 Å². The quantitative estimate of drug-likeness (QED) is 0.463. The number of amides is 2. The molecular formula is C27H27FN6O5. The van der Waals surface area contributed by atoms with Crippen molar-refractivity contribution in [3.63, 3.8) is 0 Å². The molecule has 0 bridgehead atoms. The molecule has 1 N–H and O–H groups in total. The summed E-state index contributed by atoms with van der Waals surface area (Å²) in [6.07, 6.45) is 0.441. The van der Waals surface area contributed by atoms with Gasteiger partial charge < -0.3 is 29.1 Å². The Balaban J connectivity index is 1.40. The number of aromatic nitrogens is 2. The number of piperidine rings is 1. The van der Waals surface area contributed by atoms with E-state index >= 15 is 4.39 Å². The highest BCUT2D eigenvalue weighted by Crippen LogP contribution is 2.34. The number of hydrogen-bond acceptors (Lipinski definition) is 9. The lowest BCUT2D eigenvalue weighted by Gasteiger charge is -2.32. The average Bonchev–Trinajstić information content (AvgIpc) is 3.54. The molecule has 3 aromatic rings. The number of nitriles is 1. The van der Waals surface area contributed by atoms with Crippen molar-refractivity contribution in [3.05, 3.63) is 64.8 Å². The highest BCUT2D eigenvalue weighted by Gasteiger charge is 2.39. The summed E-state index contributed by atoms with van der Waals surface area (Å²) in [5, 5.41) is 15.7. The number of cyclic esters (lactones) is 1. The zero-order valence-electron chi connectivity index (χ0n) is 21.5. The molecule has 12 heteroatoms. The standard InChI is InChI=1S/C27H27FN6O5/c1-33(2)14-24-31-25(32-39-24)21-10-22(28)20(26(35)30-13-17-5-3-16(12-29)4-6-17)11-23(21)38-19-7-8-34-18(9-19)15-37-27(34)36/h3-6,10-11,18-19H,7-9,13-15H2,1-2H3,(H,30,35)/t18-,19-/m0/s1. The van der Waals surface area contributed by atoms with Gasteiger partial charge in [-0.05, 0) is 43.9 Å². The second kappa shape index (κ2) is 11.1. The molecular weight excluding hydrogens is 507 g/mol. The van der Waals surface area contributed by atoms with Crippen LogP contribution in [-0.4, -0.2) is 71.3 Å². The summed E-state index contributed by atoms with van der Waals surface area (Å²) in [5.74, 6) is -0.666. The van der Waals surface area contributed by atoms with Gasteiger partial charge in [0.15, 0.2) is 0 Å². The molecule has 2 atom stereocenters. The number of ether oxygens (including phenoxy) is 2. The summed E-state index contributed by atoms with van der Waals surface area (Å²) in [4.78, 5) is 32.8. The van der Waals surface area contributed by atoms with E-state index in [-0.39, 0.29) is 54.1 Å². The molecule has 2 saturated heterocycles. The fourth-order valence-electron chi connectivity index (χ4n) is 4.62. The van der Waals surface area contributed by atoms with Crippen LogP contribution >= 0.6 is 0 Å². The maximum absolute atomic E-state index is 15.3. The van der Waals surface area contributed by atoms with Crippen LogP contribution in [0.3, 0.4) is 0 Å². The van der Waals surface area contributed by atoms with Gasteiger partial charge in [-0.3, -0.25) is 4.79 Å². The topological polar surface area (TPSA) is 134 Å². The molecule has 39 heavy (non-hydrogen) atoms. The fourth-order valence-corrected chi connectivity index (χ4v) is 4.62. The second-order valence-electron chi connectivity index (χ2n) is 9.76. The monoisotopic (exact) mass is 534 g/mol. The molecule has 0 radical (unpaired) electrons. The molecule has 2 amide bonds. The lowest BCUT2D eigenvalue weighted by molar-refractivity contribution is 0.0915. The first-order valence-corrected chi connectivity index (χ1v) is 12.5. The maximum atomic E-state index is 15.3. The highest BCUT2D eigenvalue weighted by molar-refractivity contribution is 5.95. The van der Waals surface area contributed by atoms with Gasteiger partial charge in [0, 0.05) is 25.9 Å². The predicted octanol–water partition coefficient (Wildman–Crippen LogP) is 3.10. The smallest absolute Gasteiger partial charge is 0.410 e. The van der Waals surface area contributed by atoms with Crippen molar-refractivity contribution in [2.45, 2.75) is 38.1 Å². The van der Waals surface area contributed by atoms with Crippen molar-refractivity contribution < 1.29 is 28.0 Å². The third-order valence-electron chi connectivity index (χ3n) is 6.61. The van der Waals surface area contributed by atoms with Gasteiger partial charge in [0.25, 0.3) is 5.91 Å². The lowest BCUT2D eigenvalue weighted by Crippen LogP contribution is -2.44. The summed E-state index contributed by atoms with van der Waals surface area (Å²) in [6.45, 7) is 1.30. The van der Waals surface area contributed by atoms with Crippen molar-refractivity contribution in [1.82, 2.24) is 25.3 Å². The van der Waals surface area contributed by atoms with Crippen LogP contribution in [0.15, 0.2) is 40.9 Å².